The number of anilines is 2. The highest BCUT2D eigenvalue weighted by Crippen LogP contribution is 2.27. The maximum absolute atomic E-state index is 12.7. The molecule has 0 saturated carbocycles. The number of ether oxygens (including phenoxy) is 1. The highest BCUT2D eigenvalue weighted by atomic mass is 16.5. The Balaban J connectivity index is 1.78. The van der Waals surface area contributed by atoms with E-state index in [0.717, 1.165) is 18.8 Å². The van der Waals surface area contributed by atoms with Crippen LogP contribution in [0.2, 0.25) is 0 Å². The van der Waals surface area contributed by atoms with E-state index < -0.39 is 0 Å². The highest BCUT2D eigenvalue weighted by Gasteiger charge is 2.22. The van der Waals surface area contributed by atoms with Gasteiger partial charge in [0.05, 0.1) is 12.3 Å². The minimum Gasteiger partial charge on any atom is -0.492 e. The maximum atomic E-state index is 12.7. The Morgan fingerprint density at radius 2 is 2.12 bits per heavy atom. The van der Waals surface area contributed by atoms with E-state index in [1.165, 1.54) is 19.3 Å². The van der Waals surface area contributed by atoms with E-state index in [0.29, 0.717) is 29.6 Å². The Bertz CT molecular complexity index is 748. The second kappa shape index (κ2) is 8.70. The molecule has 1 aliphatic heterocycles. The Kier molecular flexibility index (Phi) is 6.10. The third-order valence-electron chi connectivity index (χ3n) is 4.84. The summed E-state index contributed by atoms with van der Waals surface area (Å²) < 4.78 is 5.59. The molecule has 5 heteroatoms. The summed E-state index contributed by atoms with van der Waals surface area (Å²) in [6.45, 7) is 5.70. The van der Waals surface area contributed by atoms with Crippen molar-refractivity contribution in [3.05, 3.63) is 48.2 Å². The molecule has 0 spiro atoms. The molecule has 1 aliphatic rings. The van der Waals surface area contributed by atoms with Gasteiger partial charge in [-0.05, 0) is 56.9 Å². The van der Waals surface area contributed by atoms with Gasteiger partial charge in [0.25, 0.3) is 5.91 Å². The number of aromatic nitrogens is 1. The zero-order chi connectivity index (χ0) is 18.4. The summed E-state index contributed by atoms with van der Waals surface area (Å²) in [5.41, 5.74) is 1.30. The van der Waals surface area contributed by atoms with Crippen LogP contribution >= 0.6 is 0 Å². The van der Waals surface area contributed by atoms with Crippen LogP contribution in [0.1, 0.15) is 49.9 Å². The molecule has 1 N–H and O–H groups in total. The molecule has 0 aliphatic carbocycles. The number of rotatable bonds is 6. The van der Waals surface area contributed by atoms with Gasteiger partial charge < -0.3 is 15.0 Å². The van der Waals surface area contributed by atoms with Crippen LogP contribution < -0.4 is 15.0 Å². The summed E-state index contributed by atoms with van der Waals surface area (Å²) in [6.07, 6.45) is 6.45. The van der Waals surface area contributed by atoms with Crippen molar-refractivity contribution in [2.75, 3.05) is 23.4 Å². The summed E-state index contributed by atoms with van der Waals surface area (Å²) in [5, 5.41) is 2.96. The van der Waals surface area contributed by atoms with Gasteiger partial charge in [0.2, 0.25) is 0 Å². The first kappa shape index (κ1) is 18.2. The molecule has 1 amide bonds. The molecule has 1 atom stereocenters. The zero-order valence-corrected chi connectivity index (χ0v) is 15.6. The summed E-state index contributed by atoms with van der Waals surface area (Å²) in [5.74, 6) is 1.42. The fourth-order valence-electron chi connectivity index (χ4n) is 3.49. The van der Waals surface area contributed by atoms with Crippen LogP contribution in [0.15, 0.2) is 42.6 Å². The minimum absolute atomic E-state index is 0.147. The summed E-state index contributed by atoms with van der Waals surface area (Å²) in [7, 11) is 0. The number of benzene rings is 1. The van der Waals surface area contributed by atoms with Crippen molar-refractivity contribution in [3.63, 3.8) is 0 Å². The molecule has 138 valence electrons. The molecule has 1 unspecified atom stereocenters. The molecule has 26 heavy (non-hydrogen) atoms. The van der Waals surface area contributed by atoms with Crippen molar-refractivity contribution in [1.29, 1.82) is 0 Å². The van der Waals surface area contributed by atoms with Crippen LogP contribution in [-0.4, -0.2) is 30.1 Å². The first-order valence-electron chi connectivity index (χ1n) is 9.48. The summed E-state index contributed by atoms with van der Waals surface area (Å²) in [4.78, 5) is 19.6. The largest absolute Gasteiger partial charge is 0.492 e. The third kappa shape index (κ3) is 4.15. The van der Waals surface area contributed by atoms with Gasteiger partial charge in [0, 0.05) is 24.3 Å². The topological polar surface area (TPSA) is 54.5 Å². The second-order valence-electron chi connectivity index (χ2n) is 6.54. The van der Waals surface area contributed by atoms with Crippen LogP contribution in [-0.2, 0) is 0 Å². The molecule has 3 rings (SSSR count). The van der Waals surface area contributed by atoms with Gasteiger partial charge >= 0.3 is 0 Å². The molecule has 1 saturated heterocycles. The lowest BCUT2D eigenvalue weighted by molar-refractivity contribution is 0.102. The van der Waals surface area contributed by atoms with Gasteiger partial charge in [0.1, 0.15) is 11.6 Å². The molecular weight excluding hydrogens is 326 g/mol. The molecule has 2 aromatic rings. The van der Waals surface area contributed by atoms with Crippen LogP contribution in [0.25, 0.3) is 0 Å². The van der Waals surface area contributed by atoms with E-state index >= 15 is 0 Å². The van der Waals surface area contributed by atoms with Gasteiger partial charge in [0.15, 0.2) is 0 Å². The van der Waals surface area contributed by atoms with E-state index in [9.17, 15) is 4.79 Å². The normalized spacial score (nSPS) is 17.0. The predicted molar refractivity (Wildman–Crippen MR) is 105 cm³/mol. The Hall–Kier alpha value is -2.56. The number of hydrogen-bond acceptors (Lipinski definition) is 4. The molecule has 0 bridgehead atoms. The molecule has 5 nitrogen and oxygen atoms in total. The highest BCUT2D eigenvalue weighted by molar-refractivity contribution is 6.05. The molecule has 0 radical (unpaired) electrons. The standard InChI is InChI=1S/C21H27N3O2/c1-3-17-9-7-8-14-24(17)20-15-16(12-13-22-20)21(25)23-18-10-5-6-11-19(18)26-4-2/h5-6,10-13,15,17H,3-4,7-9,14H2,1-2H3,(H,23,25). The van der Waals surface area contributed by atoms with Crippen molar-refractivity contribution in [2.45, 2.75) is 45.6 Å². The van der Waals surface area contributed by atoms with Crippen LogP contribution in [0.5, 0.6) is 5.75 Å². The van der Waals surface area contributed by atoms with E-state index in [2.05, 4.69) is 22.1 Å². The first-order valence-corrected chi connectivity index (χ1v) is 9.48. The molecule has 1 aromatic heterocycles. The van der Waals surface area contributed by atoms with Crippen molar-refractivity contribution in [2.24, 2.45) is 0 Å². The van der Waals surface area contributed by atoms with Crippen LogP contribution in [0, 0.1) is 0 Å². The SMILES string of the molecule is CCOc1ccccc1NC(=O)c1ccnc(N2CCCCC2CC)c1. The maximum Gasteiger partial charge on any atom is 0.255 e. The number of nitrogens with one attached hydrogen (secondary N) is 1. The molecule has 1 aromatic carbocycles. The Morgan fingerprint density at radius 3 is 2.92 bits per heavy atom. The average molecular weight is 353 g/mol. The number of nitrogens with zero attached hydrogens (tertiary/aromatic N) is 2. The monoisotopic (exact) mass is 353 g/mol. The Labute approximate surface area is 155 Å². The number of pyridine rings is 1. The molecule has 2 heterocycles. The van der Waals surface area contributed by atoms with Crippen molar-refractivity contribution in [3.8, 4) is 5.75 Å². The van der Waals surface area contributed by atoms with E-state index in [1.807, 2.05) is 37.3 Å². The van der Waals surface area contributed by atoms with Crippen molar-refractivity contribution < 1.29 is 9.53 Å². The van der Waals surface area contributed by atoms with Crippen molar-refractivity contribution >= 4 is 17.4 Å². The van der Waals surface area contributed by atoms with E-state index in [4.69, 9.17) is 4.74 Å². The quantitative estimate of drug-likeness (QED) is 0.831. The van der Waals surface area contributed by atoms with E-state index in [-0.39, 0.29) is 5.91 Å². The van der Waals surface area contributed by atoms with Gasteiger partial charge in [-0.15, -0.1) is 0 Å². The minimum atomic E-state index is -0.147. The number of carbonyl (C=O) groups is 1. The number of hydrogen-bond donors (Lipinski definition) is 1. The number of carbonyl (C=O) groups excluding carboxylic acids is 1. The van der Waals surface area contributed by atoms with Crippen LogP contribution in [0.4, 0.5) is 11.5 Å². The van der Waals surface area contributed by atoms with Gasteiger partial charge in [-0.1, -0.05) is 19.1 Å². The second-order valence-corrected chi connectivity index (χ2v) is 6.54. The van der Waals surface area contributed by atoms with Gasteiger partial charge in [-0.3, -0.25) is 4.79 Å². The van der Waals surface area contributed by atoms with Crippen molar-refractivity contribution in [1.82, 2.24) is 4.98 Å². The third-order valence-corrected chi connectivity index (χ3v) is 4.84. The number of amides is 1. The van der Waals surface area contributed by atoms with Gasteiger partial charge in [-0.2, -0.15) is 0 Å². The first-order chi connectivity index (χ1) is 12.7. The van der Waals surface area contributed by atoms with Gasteiger partial charge in [-0.25, -0.2) is 4.98 Å². The average Bonchev–Trinajstić information content (AvgIpc) is 2.69. The lowest BCUT2D eigenvalue weighted by Crippen LogP contribution is -2.39. The smallest absolute Gasteiger partial charge is 0.255 e. The molecule has 1 fully saturated rings. The van der Waals surface area contributed by atoms with Crippen LogP contribution in [0.3, 0.4) is 0 Å². The lowest BCUT2D eigenvalue weighted by Gasteiger charge is -2.36. The summed E-state index contributed by atoms with van der Waals surface area (Å²) in [6, 6.07) is 11.6. The zero-order valence-electron chi connectivity index (χ0n) is 15.6. The number of para-hydroxylation sites is 2. The van der Waals surface area contributed by atoms with E-state index in [1.54, 1.807) is 12.3 Å². The fourth-order valence-corrected chi connectivity index (χ4v) is 3.49. The fraction of sp³-hybridized carbons (Fsp3) is 0.429. The Morgan fingerprint density at radius 1 is 1.27 bits per heavy atom. The predicted octanol–water partition coefficient (Wildman–Crippen LogP) is 4.50. The lowest BCUT2D eigenvalue weighted by atomic mass is 10.00. The molecular formula is C21H27N3O2. The number of piperidine rings is 1. The summed E-state index contributed by atoms with van der Waals surface area (Å²) >= 11 is 0.